The Morgan fingerprint density at radius 2 is 1.37 bits per heavy atom. The fourth-order valence-corrected chi connectivity index (χ4v) is 8.80. The molecule has 0 fully saturated rings. The SMILES string of the molecule is CC(C)(C)CS([O])(O)c1ccc(CCCOC2=C=CC(=[O+]CCCc3ccc(S(=O)(=O)CC(C)(C)C)cc3)C(Br)=C2)cc1. The van der Waals surface area contributed by atoms with Gasteiger partial charge in [0.05, 0.1) is 34.0 Å². The van der Waals surface area contributed by atoms with E-state index in [1.54, 1.807) is 30.3 Å². The molecule has 2 aromatic rings. The molecule has 1 N–H and O–H groups in total. The van der Waals surface area contributed by atoms with Crippen LogP contribution in [0.5, 0.6) is 0 Å². The van der Waals surface area contributed by atoms with Crippen LogP contribution in [0, 0.1) is 10.8 Å². The van der Waals surface area contributed by atoms with Gasteiger partial charge in [0, 0.05) is 12.5 Å². The van der Waals surface area contributed by atoms with E-state index in [1.165, 1.54) is 0 Å². The molecule has 1 radical (unpaired) electrons. The molecule has 1 aliphatic carbocycles. The van der Waals surface area contributed by atoms with Gasteiger partial charge in [-0.05, 0) is 81.4 Å². The number of sulfone groups is 1. The molecule has 0 amide bonds. The second kappa shape index (κ2) is 14.8. The number of hydrogen-bond acceptors (Lipinski definition) is 4. The van der Waals surface area contributed by atoms with Crippen molar-refractivity contribution in [3.63, 3.8) is 0 Å². The van der Waals surface area contributed by atoms with Gasteiger partial charge in [-0.3, -0.25) is 8.98 Å². The van der Waals surface area contributed by atoms with Crippen LogP contribution in [0.25, 0.3) is 0 Å². The van der Waals surface area contributed by atoms with Gasteiger partial charge in [0.1, 0.15) is 4.48 Å². The number of carbonyl (C=O) groups excluding carboxylic acids is 1. The number of aryl methyl sites for hydroxylation is 2. The molecule has 0 saturated carbocycles. The molecule has 1 aliphatic rings. The molecule has 0 heterocycles. The fourth-order valence-electron chi connectivity index (χ4n) is 4.60. The first kappa shape index (κ1) is 35.4. The molecule has 1 atom stereocenters. The van der Waals surface area contributed by atoms with Crippen LogP contribution in [0.4, 0.5) is 0 Å². The van der Waals surface area contributed by atoms with E-state index in [-0.39, 0.29) is 22.3 Å². The van der Waals surface area contributed by atoms with Crippen molar-refractivity contribution in [1.29, 1.82) is 0 Å². The van der Waals surface area contributed by atoms with Gasteiger partial charge in [-0.2, -0.15) is 0 Å². The van der Waals surface area contributed by atoms with Crippen molar-refractivity contribution in [2.45, 2.75) is 77.0 Å². The van der Waals surface area contributed by atoms with Crippen LogP contribution in [-0.2, 0) is 36.4 Å². The topological polar surface area (TPSA) is 94.8 Å². The summed E-state index contributed by atoms with van der Waals surface area (Å²) >= 11 is 3.55. The molecule has 3 rings (SSSR count). The Labute approximate surface area is 268 Å². The predicted molar refractivity (Wildman–Crippen MR) is 179 cm³/mol. The quantitative estimate of drug-likeness (QED) is 0.129. The highest BCUT2D eigenvalue weighted by Gasteiger charge is 2.26. The smallest absolute Gasteiger partial charge is 0.365 e. The highest BCUT2D eigenvalue weighted by molar-refractivity contribution is 9.12. The Morgan fingerprint density at radius 3 is 1.91 bits per heavy atom. The third-order valence-electron chi connectivity index (χ3n) is 6.40. The predicted octanol–water partition coefficient (Wildman–Crippen LogP) is 8.55. The highest BCUT2D eigenvalue weighted by atomic mass is 79.9. The van der Waals surface area contributed by atoms with Crippen molar-refractivity contribution in [3.05, 3.63) is 87.8 Å². The lowest BCUT2D eigenvalue weighted by molar-refractivity contribution is -0.455. The second-order valence-corrected chi connectivity index (χ2v) is 18.3. The largest absolute Gasteiger partial charge is 0.486 e. The average Bonchev–Trinajstić information content (AvgIpc) is 2.88. The van der Waals surface area contributed by atoms with Gasteiger partial charge in [-0.25, -0.2) is 8.42 Å². The van der Waals surface area contributed by atoms with Crippen molar-refractivity contribution >= 4 is 42.1 Å². The zero-order valence-electron chi connectivity index (χ0n) is 26.1. The van der Waals surface area contributed by atoms with Gasteiger partial charge in [-0.15, -0.1) is 10.6 Å². The number of ketones is 1. The second-order valence-electron chi connectivity index (χ2n) is 13.4. The van der Waals surface area contributed by atoms with E-state index in [9.17, 15) is 17.5 Å². The summed E-state index contributed by atoms with van der Waals surface area (Å²) in [6, 6.07) is 14.5. The average molecular weight is 694 g/mol. The van der Waals surface area contributed by atoms with Crippen molar-refractivity contribution in [1.82, 2.24) is 0 Å². The summed E-state index contributed by atoms with van der Waals surface area (Å²) in [6.45, 7) is 12.7. The monoisotopic (exact) mass is 692 g/mol. The van der Waals surface area contributed by atoms with Crippen LogP contribution >= 0.6 is 26.5 Å². The summed E-state index contributed by atoms with van der Waals surface area (Å²) in [7, 11) is -6.34. The number of rotatable bonds is 13. The van der Waals surface area contributed by atoms with Crippen LogP contribution < -0.4 is 0 Å². The minimum Gasteiger partial charge on any atom is -0.486 e. The molecule has 2 aromatic carbocycles. The van der Waals surface area contributed by atoms with E-state index < -0.39 is 20.4 Å². The third-order valence-corrected chi connectivity index (χ3v) is 11.5. The van der Waals surface area contributed by atoms with Crippen molar-refractivity contribution in [2.75, 3.05) is 24.7 Å². The van der Waals surface area contributed by atoms with Crippen LogP contribution in [-0.4, -0.2) is 43.5 Å². The van der Waals surface area contributed by atoms with Gasteiger partial charge in [0.2, 0.25) is 0 Å². The summed E-state index contributed by atoms with van der Waals surface area (Å²) in [5.41, 5.74) is 4.76. The number of ether oxygens (including phenoxy) is 1. The van der Waals surface area contributed by atoms with Gasteiger partial charge < -0.3 is 4.74 Å². The Kier molecular flexibility index (Phi) is 12.1. The van der Waals surface area contributed by atoms with Crippen molar-refractivity contribution in [2.24, 2.45) is 10.8 Å². The number of allylic oxidation sites excluding steroid dienone is 2. The summed E-state index contributed by atoms with van der Waals surface area (Å²) < 4.78 is 60.9. The third kappa shape index (κ3) is 12.1. The molecular weight excluding hydrogens is 648 g/mol. The molecule has 9 heteroatoms. The van der Waals surface area contributed by atoms with Gasteiger partial charge in [-0.1, -0.05) is 76.1 Å². The van der Waals surface area contributed by atoms with Gasteiger partial charge >= 0.3 is 5.78 Å². The minimum atomic E-state index is -3.30. The highest BCUT2D eigenvalue weighted by Crippen LogP contribution is 2.52. The lowest BCUT2D eigenvalue weighted by Gasteiger charge is -2.35. The maximum absolute atomic E-state index is 12.7. The van der Waals surface area contributed by atoms with Gasteiger partial charge in [0.25, 0.3) is 6.61 Å². The van der Waals surface area contributed by atoms with Crippen LogP contribution in [0.3, 0.4) is 0 Å². The standard InChI is InChI=1S/C34H44BrO6S2/c1-33(2,3)24-42(36,37)29-16-11-26(12-17-29)9-7-21-40-28-15-20-32(31(35)23-28)41-22-8-10-27-13-18-30(19-14-27)43(38,39)25-34(4,5)6/h11-14,16-20,23H,7-10,21-22,24-25H2,1-6H3/p+1. The molecule has 43 heavy (non-hydrogen) atoms. The Morgan fingerprint density at radius 1 is 0.837 bits per heavy atom. The van der Waals surface area contributed by atoms with Crippen LogP contribution in [0.1, 0.15) is 65.5 Å². The zero-order chi connectivity index (χ0) is 31.9. The van der Waals surface area contributed by atoms with Crippen molar-refractivity contribution < 1.29 is 26.7 Å². The first-order valence-electron chi connectivity index (χ1n) is 14.6. The van der Waals surface area contributed by atoms with Crippen LogP contribution in [0.15, 0.2) is 86.4 Å². The number of benzene rings is 2. The zero-order valence-corrected chi connectivity index (χ0v) is 29.3. The number of hydrogen-bond donors (Lipinski definition) is 1. The maximum atomic E-state index is 12.7. The Balaban J connectivity index is 1.43. The summed E-state index contributed by atoms with van der Waals surface area (Å²) in [4.78, 5) is 0.840. The lowest BCUT2D eigenvalue weighted by atomic mass is 10.0. The molecular formula is C34H45BrO6S2+. The Bertz CT molecular complexity index is 1470. The van der Waals surface area contributed by atoms with Gasteiger partial charge in [0.15, 0.2) is 15.6 Å². The molecule has 0 aliphatic heterocycles. The van der Waals surface area contributed by atoms with E-state index in [2.05, 4.69) is 21.7 Å². The first-order valence-corrected chi connectivity index (χ1v) is 18.7. The fraction of sp³-hybridized carbons (Fsp3) is 0.471. The molecule has 0 saturated heterocycles. The summed E-state index contributed by atoms with van der Waals surface area (Å²) in [5, 5.41) is 0. The maximum Gasteiger partial charge on any atom is 0.365 e. The molecule has 0 spiro atoms. The van der Waals surface area contributed by atoms with E-state index >= 15 is 0 Å². The number of halogens is 1. The normalized spacial score (nSPS) is 15.8. The van der Waals surface area contributed by atoms with E-state index in [0.717, 1.165) is 41.3 Å². The van der Waals surface area contributed by atoms with Crippen molar-refractivity contribution in [3.8, 4) is 0 Å². The molecule has 0 aromatic heterocycles. The minimum absolute atomic E-state index is 0.118. The Hall–Kier alpha value is -2.13. The molecule has 0 bridgehead atoms. The molecule has 1 unspecified atom stereocenters. The van der Waals surface area contributed by atoms with E-state index in [1.807, 2.05) is 71.9 Å². The molecule has 235 valence electrons. The van der Waals surface area contributed by atoms with E-state index in [4.69, 9.17) is 9.16 Å². The summed E-state index contributed by atoms with van der Waals surface area (Å²) in [6.07, 6.45) is 6.75. The summed E-state index contributed by atoms with van der Waals surface area (Å²) in [5.74, 6) is 1.65. The molecule has 6 nitrogen and oxygen atoms in total. The first-order chi connectivity index (χ1) is 19.9. The van der Waals surface area contributed by atoms with Crippen LogP contribution in [0.2, 0.25) is 0 Å². The lowest BCUT2D eigenvalue weighted by Crippen LogP contribution is -2.20. The van der Waals surface area contributed by atoms with E-state index in [0.29, 0.717) is 34.5 Å².